The smallest absolute Gasteiger partial charge is 0.408 e. The number of rotatable bonds is 11. The fourth-order valence-electron chi connectivity index (χ4n) is 8.77. The molecule has 2 aliphatic heterocycles. The average Bonchev–Trinajstić information content (AvgIpc) is 3.99. The maximum Gasteiger partial charge on any atom is 0.408 e. The number of halogens is 1. The number of aromatic nitrogens is 1. The molecule has 3 aliphatic carbocycles. The van der Waals surface area contributed by atoms with E-state index >= 15 is 0 Å². The Labute approximate surface area is 344 Å². The highest BCUT2D eigenvalue weighted by atomic mass is 35.5. The number of hydrogen-bond acceptors (Lipinski definition) is 11. The normalized spacial score (nSPS) is 29.8. The van der Waals surface area contributed by atoms with E-state index in [2.05, 4.69) is 10.6 Å². The molecule has 0 bridgehead atoms. The van der Waals surface area contributed by atoms with Gasteiger partial charge in [0.15, 0.2) is 6.29 Å². The zero-order chi connectivity index (χ0) is 41.1. The van der Waals surface area contributed by atoms with E-state index < -0.39 is 53.9 Å². The number of hydrogen-bond donors (Lipinski definition) is 2. The van der Waals surface area contributed by atoms with Crippen molar-refractivity contribution in [3.8, 4) is 11.5 Å². The molecular weight excluding hydrogens is 768 g/mol. The summed E-state index contributed by atoms with van der Waals surface area (Å²) in [5.41, 5.74) is 0.786. The standard InChI is InChI=1S/C43H55ClN4O10/c1-24(2)15-28-19-35(31-13-14-34(37(44)38(31)45-28)56-23-36(53-3)54-4)57-30-20-33-39(49)47-43(41(51)55-5)21-27(43)11-9-7-6-8-10-12-32(40(50)48(33)22-30)46-42(52)58-29-17-25-16-26(25)18-29/h9,11,13-15,19,25-27,29-30,32-33,36H,6-8,10,12,16-18,20-23H2,1-5H3,(H,46,52)(H,47,49)/b11-9-/t25-,26+,27-,29?,30+,32-,33-,43+/m0/s1. The van der Waals surface area contributed by atoms with Gasteiger partial charge in [-0.3, -0.25) is 9.59 Å². The predicted octanol–water partition coefficient (Wildman–Crippen LogP) is 6.12. The Bertz CT molecular complexity index is 1940. The third-order valence-corrected chi connectivity index (χ3v) is 12.4. The fraction of sp³-hybridized carbons (Fsp3) is 0.605. The summed E-state index contributed by atoms with van der Waals surface area (Å²) in [6, 6.07) is 3.37. The zero-order valence-corrected chi connectivity index (χ0v) is 34.7. The molecule has 1 saturated heterocycles. The van der Waals surface area contributed by atoms with Crippen LogP contribution in [0.25, 0.3) is 17.0 Å². The number of benzene rings is 1. The summed E-state index contributed by atoms with van der Waals surface area (Å²) in [5.74, 6) is 0.395. The molecule has 1 aromatic heterocycles. The largest absolute Gasteiger partial charge is 0.488 e. The van der Waals surface area contributed by atoms with Crippen LogP contribution in [0, 0.1) is 17.8 Å². The first kappa shape index (κ1) is 41.7. The van der Waals surface area contributed by atoms with E-state index in [1.807, 2.05) is 32.1 Å². The molecule has 3 heterocycles. The molecule has 1 aromatic carbocycles. The van der Waals surface area contributed by atoms with Gasteiger partial charge in [0.25, 0.3) is 0 Å². The van der Waals surface area contributed by atoms with Crippen LogP contribution in [-0.4, -0.2) is 104 Å². The van der Waals surface area contributed by atoms with Crippen LogP contribution in [-0.2, 0) is 33.3 Å². The number of methoxy groups -OCH3 is 3. The summed E-state index contributed by atoms with van der Waals surface area (Å²) in [4.78, 5) is 61.8. The van der Waals surface area contributed by atoms with E-state index in [9.17, 15) is 19.2 Å². The summed E-state index contributed by atoms with van der Waals surface area (Å²) < 4.78 is 34.2. The van der Waals surface area contributed by atoms with Crippen LogP contribution >= 0.6 is 11.6 Å². The van der Waals surface area contributed by atoms with Gasteiger partial charge >= 0.3 is 12.1 Å². The number of allylic oxidation sites excluding steroid dienone is 2. The van der Waals surface area contributed by atoms with Gasteiger partial charge in [-0.2, -0.15) is 0 Å². The Morgan fingerprint density at radius 3 is 2.53 bits per heavy atom. The maximum atomic E-state index is 14.7. The monoisotopic (exact) mass is 822 g/mol. The minimum absolute atomic E-state index is 0.0385. The molecule has 0 radical (unpaired) electrons. The van der Waals surface area contributed by atoms with Crippen LogP contribution in [0.15, 0.2) is 35.9 Å². The Hall–Kier alpha value is -4.40. The Balaban J connectivity index is 1.19. The van der Waals surface area contributed by atoms with Crippen molar-refractivity contribution in [2.45, 2.75) is 114 Å². The van der Waals surface area contributed by atoms with Crippen LogP contribution in [0.5, 0.6) is 11.5 Å². The molecule has 2 aromatic rings. The molecular formula is C43H55ClN4O10. The van der Waals surface area contributed by atoms with Crippen LogP contribution < -0.4 is 20.1 Å². The minimum Gasteiger partial charge on any atom is -0.488 e. The van der Waals surface area contributed by atoms with Crippen molar-refractivity contribution in [3.63, 3.8) is 0 Å². The molecule has 1 unspecified atom stereocenters. The van der Waals surface area contributed by atoms with E-state index in [-0.39, 0.29) is 36.6 Å². The lowest BCUT2D eigenvalue weighted by Crippen LogP contribution is -2.56. The lowest BCUT2D eigenvalue weighted by molar-refractivity contribution is -0.148. The van der Waals surface area contributed by atoms with Crippen LogP contribution in [0.2, 0.25) is 5.02 Å². The van der Waals surface area contributed by atoms with Crippen molar-refractivity contribution in [1.82, 2.24) is 20.5 Å². The highest BCUT2D eigenvalue weighted by Gasteiger charge is 2.62. The lowest BCUT2D eigenvalue weighted by atomic mass is 10.0. The van der Waals surface area contributed by atoms with Gasteiger partial charge < -0.3 is 44.0 Å². The number of carbonyl (C=O) groups excluding carboxylic acids is 4. The number of ether oxygens (including phenoxy) is 6. The SMILES string of the molecule is COC(=O)[C@@]12C[C@@H]1/C=C\CCCCC[C@H](NC(=O)OC1C[C@@H]3C[C@@H]3C1)C(=O)N1C[C@H](Oc3cc(C=C(C)C)nc4c(Cl)c(OCC(OC)OC)ccc34)C[C@H]1C(=O)N2. The Kier molecular flexibility index (Phi) is 12.8. The number of fused-ring (bicyclic) bond motifs is 4. The summed E-state index contributed by atoms with van der Waals surface area (Å²) in [7, 11) is 4.34. The van der Waals surface area contributed by atoms with Crippen molar-refractivity contribution in [1.29, 1.82) is 0 Å². The number of nitrogens with one attached hydrogen (secondary N) is 2. The fourth-order valence-corrected chi connectivity index (χ4v) is 9.04. The first-order chi connectivity index (χ1) is 27.9. The van der Waals surface area contributed by atoms with Crippen molar-refractivity contribution < 1.29 is 47.6 Å². The number of alkyl carbamates (subject to hydrolysis) is 1. The van der Waals surface area contributed by atoms with E-state index in [1.165, 1.54) is 32.7 Å². The molecule has 58 heavy (non-hydrogen) atoms. The van der Waals surface area contributed by atoms with Gasteiger partial charge in [-0.15, -0.1) is 0 Å². The van der Waals surface area contributed by atoms with E-state index in [4.69, 9.17) is 45.0 Å². The van der Waals surface area contributed by atoms with E-state index in [0.29, 0.717) is 59.2 Å². The average molecular weight is 823 g/mol. The quantitative estimate of drug-likeness (QED) is 0.153. The second kappa shape index (κ2) is 17.8. The lowest BCUT2D eigenvalue weighted by Gasteiger charge is -2.29. The Morgan fingerprint density at radius 2 is 1.81 bits per heavy atom. The first-order valence-corrected chi connectivity index (χ1v) is 20.8. The predicted molar refractivity (Wildman–Crippen MR) is 215 cm³/mol. The molecule has 15 heteroatoms. The molecule has 2 N–H and O–H groups in total. The minimum atomic E-state index is -1.23. The molecule has 14 nitrogen and oxygen atoms in total. The van der Waals surface area contributed by atoms with Crippen molar-refractivity contribution in [3.05, 3.63) is 46.6 Å². The third-order valence-electron chi connectivity index (χ3n) is 12.1. The highest BCUT2D eigenvalue weighted by Crippen LogP contribution is 2.52. The van der Waals surface area contributed by atoms with Gasteiger partial charge in [0.2, 0.25) is 11.8 Å². The number of esters is 1. The van der Waals surface area contributed by atoms with Crippen molar-refractivity contribution in [2.75, 3.05) is 34.5 Å². The van der Waals surface area contributed by atoms with Gasteiger partial charge in [-0.05, 0) is 88.8 Å². The van der Waals surface area contributed by atoms with Crippen molar-refractivity contribution >= 4 is 52.5 Å². The van der Waals surface area contributed by atoms with Crippen LogP contribution in [0.1, 0.15) is 83.7 Å². The summed E-state index contributed by atoms with van der Waals surface area (Å²) >= 11 is 6.92. The molecule has 5 aliphatic rings. The van der Waals surface area contributed by atoms with Gasteiger partial charge in [0.05, 0.1) is 24.9 Å². The summed E-state index contributed by atoms with van der Waals surface area (Å²) in [5, 5.41) is 6.73. The molecule has 3 amide bonds. The molecule has 0 spiro atoms. The Morgan fingerprint density at radius 1 is 1.03 bits per heavy atom. The van der Waals surface area contributed by atoms with Gasteiger partial charge in [-0.25, -0.2) is 14.6 Å². The summed E-state index contributed by atoms with van der Waals surface area (Å²) in [6.45, 7) is 4.03. The van der Waals surface area contributed by atoms with Gasteiger partial charge in [-0.1, -0.05) is 42.2 Å². The molecule has 8 atom stereocenters. The number of amides is 3. The van der Waals surface area contributed by atoms with E-state index in [0.717, 1.165) is 37.7 Å². The first-order valence-electron chi connectivity index (χ1n) is 20.4. The van der Waals surface area contributed by atoms with Crippen LogP contribution in [0.4, 0.5) is 4.79 Å². The van der Waals surface area contributed by atoms with Gasteiger partial charge in [0.1, 0.15) is 53.0 Å². The molecule has 4 fully saturated rings. The molecule has 314 valence electrons. The highest BCUT2D eigenvalue weighted by molar-refractivity contribution is 6.36. The molecule has 3 saturated carbocycles. The summed E-state index contributed by atoms with van der Waals surface area (Å²) in [6.07, 6.45) is 10.8. The van der Waals surface area contributed by atoms with Gasteiger partial charge in [0, 0.05) is 38.0 Å². The second-order valence-corrected chi connectivity index (χ2v) is 16.9. The zero-order valence-electron chi connectivity index (χ0n) is 33.9. The van der Waals surface area contributed by atoms with Crippen LogP contribution in [0.3, 0.4) is 0 Å². The topological polar surface area (TPSA) is 164 Å². The maximum absolute atomic E-state index is 14.7. The second-order valence-electron chi connectivity index (χ2n) is 16.5. The van der Waals surface area contributed by atoms with E-state index in [1.54, 1.807) is 18.2 Å². The number of pyridine rings is 1. The number of nitrogens with zero attached hydrogens (tertiary/aromatic N) is 2. The third kappa shape index (κ3) is 9.24. The number of carbonyl (C=O) groups is 4. The molecule has 7 rings (SSSR count). The van der Waals surface area contributed by atoms with Crippen molar-refractivity contribution in [2.24, 2.45) is 17.8 Å².